The van der Waals surface area contributed by atoms with Gasteiger partial charge >= 0.3 is 0 Å². The van der Waals surface area contributed by atoms with Crippen molar-refractivity contribution in [3.05, 3.63) is 64.1 Å². The normalized spacial score (nSPS) is 12.2. The number of amides is 1. The van der Waals surface area contributed by atoms with E-state index in [0.717, 1.165) is 12.5 Å². The number of hydrogen-bond acceptors (Lipinski definition) is 3. The van der Waals surface area contributed by atoms with Crippen molar-refractivity contribution in [1.29, 1.82) is 0 Å². The molecule has 1 aromatic heterocycles. The molecule has 2 N–H and O–H groups in total. The average molecular weight is 417 g/mol. The highest BCUT2D eigenvalue weighted by molar-refractivity contribution is 6.30. The Morgan fingerprint density at radius 1 is 1.24 bits per heavy atom. The Labute approximate surface area is 173 Å². The van der Waals surface area contributed by atoms with Crippen molar-refractivity contribution in [1.82, 2.24) is 9.88 Å². The maximum absolute atomic E-state index is 13.9. The zero-order valence-electron chi connectivity index (χ0n) is 16.4. The van der Waals surface area contributed by atoms with Gasteiger partial charge in [-0.3, -0.25) is 14.2 Å². The first-order valence-electron chi connectivity index (χ1n) is 9.35. The zero-order chi connectivity index (χ0) is 21.3. The number of aromatic hydroxyl groups is 1. The molecule has 0 radical (unpaired) electrons. The molecule has 0 aliphatic carbocycles. The Morgan fingerprint density at radius 2 is 1.97 bits per heavy atom. The van der Waals surface area contributed by atoms with E-state index in [4.69, 9.17) is 11.6 Å². The van der Waals surface area contributed by atoms with E-state index in [1.807, 2.05) is 13.8 Å². The summed E-state index contributed by atoms with van der Waals surface area (Å²) >= 11 is 5.72. The number of rotatable bonds is 5. The van der Waals surface area contributed by atoms with Crippen LogP contribution in [0.15, 0.2) is 36.4 Å². The third kappa shape index (κ3) is 4.12. The fourth-order valence-corrected chi connectivity index (χ4v) is 3.42. The van der Waals surface area contributed by atoms with Gasteiger partial charge in [0.2, 0.25) is 5.91 Å². The van der Waals surface area contributed by atoms with Crippen molar-refractivity contribution in [3.63, 3.8) is 0 Å². The van der Waals surface area contributed by atoms with Gasteiger partial charge in [0.05, 0.1) is 17.0 Å². The lowest BCUT2D eigenvalue weighted by Crippen LogP contribution is -2.33. The molecule has 152 valence electrons. The van der Waals surface area contributed by atoms with Crippen LogP contribution in [0, 0.1) is 12.7 Å². The van der Waals surface area contributed by atoms with Crippen LogP contribution in [0.4, 0.5) is 4.39 Å². The van der Waals surface area contributed by atoms with Gasteiger partial charge in [-0.1, -0.05) is 18.5 Å². The lowest BCUT2D eigenvalue weighted by Gasteiger charge is -2.12. The largest absolute Gasteiger partial charge is 0.508 e. The van der Waals surface area contributed by atoms with Gasteiger partial charge in [-0.15, -0.1) is 0 Å². The number of fused-ring (bicyclic) bond motifs is 1. The molecule has 1 atom stereocenters. The van der Waals surface area contributed by atoms with Crippen LogP contribution in [-0.4, -0.2) is 27.5 Å². The maximum Gasteiger partial charge on any atom is 0.262 e. The van der Waals surface area contributed by atoms with Crippen molar-refractivity contribution in [2.75, 3.05) is 0 Å². The first kappa shape index (κ1) is 20.9. The molecule has 3 aromatic rings. The van der Waals surface area contributed by atoms with E-state index < -0.39 is 11.7 Å². The molecule has 3 rings (SSSR count). The molecule has 29 heavy (non-hydrogen) atoms. The lowest BCUT2D eigenvalue weighted by molar-refractivity contribution is -0.121. The number of phenolic OH excluding ortho intramolecular Hbond substituents is 1. The second kappa shape index (κ2) is 8.25. The summed E-state index contributed by atoms with van der Waals surface area (Å²) in [6.45, 7) is 5.62. The number of phenols is 1. The van der Waals surface area contributed by atoms with Gasteiger partial charge in [-0.2, -0.15) is 0 Å². The Bertz CT molecular complexity index is 1110. The number of nitrogens with zero attached hydrogens (tertiary/aromatic N) is 1. The number of benzene rings is 2. The molecule has 0 bridgehead atoms. The van der Waals surface area contributed by atoms with Crippen molar-refractivity contribution in [3.8, 4) is 5.75 Å². The van der Waals surface area contributed by atoms with E-state index >= 15 is 0 Å². The van der Waals surface area contributed by atoms with E-state index in [1.165, 1.54) is 28.8 Å². The van der Waals surface area contributed by atoms with E-state index in [-0.39, 0.29) is 34.7 Å². The molecule has 1 heterocycles. The highest BCUT2D eigenvalue weighted by atomic mass is 35.5. The van der Waals surface area contributed by atoms with Crippen LogP contribution in [0.1, 0.15) is 41.9 Å². The van der Waals surface area contributed by atoms with Crippen LogP contribution >= 0.6 is 11.6 Å². The van der Waals surface area contributed by atoms with E-state index in [9.17, 15) is 19.1 Å². The second-order valence-corrected chi connectivity index (χ2v) is 7.50. The molecule has 2 aromatic carbocycles. The van der Waals surface area contributed by atoms with Gasteiger partial charge in [0.15, 0.2) is 0 Å². The van der Waals surface area contributed by atoms with Gasteiger partial charge in [-0.05, 0) is 62.2 Å². The van der Waals surface area contributed by atoms with Crippen molar-refractivity contribution >= 4 is 34.3 Å². The molecule has 0 fully saturated rings. The van der Waals surface area contributed by atoms with Gasteiger partial charge in [0.25, 0.3) is 5.91 Å². The molecular formula is C22H22ClFN2O3. The average Bonchev–Trinajstić information content (AvgIpc) is 2.94. The highest BCUT2D eigenvalue weighted by Gasteiger charge is 2.22. The minimum Gasteiger partial charge on any atom is -0.508 e. The Morgan fingerprint density at radius 3 is 2.62 bits per heavy atom. The SMILES string of the molecule is CC[C@H](C)NC(=O)Cc1c(C)n(C(=O)c2ccc(Cl)c(F)c2)c2ccc(O)cc12. The number of halogens is 2. The molecule has 0 spiro atoms. The molecule has 7 heteroatoms. The van der Waals surface area contributed by atoms with Gasteiger partial charge in [0.1, 0.15) is 11.6 Å². The summed E-state index contributed by atoms with van der Waals surface area (Å²) in [5.41, 5.74) is 1.87. The summed E-state index contributed by atoms with van der Waals surface area (Å²) in [5.74, 6) is -1.27. The smallest absolute Gasteiger partial charge is 0.262 e. The fraction of sp³-hybridized carbons (Fsp3) is 0.273. The number of aromatic nitrogens is 1. The van der Waals surface area contributed by atoms with E-state index in [0.29, 0.717) is 22.2 Å². The van der Waals surface area contributed by atoms with Gasteiger partial charge < -0.3 is 10.4 Å². The van der Waals surface area contributed by atoms with Crippen LogP contribution in [-0.2, 0) is 11.2 Å². The van der Waals surface area contributed by atoms with Crippen LogP contribution in [0.3, 0.4) is 0 Å². The van der Waals surface area contributed by atoms with Crippen molar-refractivity contribution in [2.24, 2.45) is 0 Å². The first-order valence-corrected chi connectivity index (χ1v) is 9.72. The first-order chi connectivity index (χ1) is 13.7. The number of carbonyl (C=O) groups is 2. The minimum atomic E-state index is -0.683. The summed E-state index contributed by atoms with van der Waals surface area (Å²) in [4.78, 5) is 25.6. The van der Waals surface area contributed by atoms with Crippen LogP contribution < -0.4 is 5.32 Å². The maximum atomic E-state index is 13.9. The van der Waals surface area contributed by atoms with Gasteiger partial charge in [0, 0.05) is 22.7 Å². The standard InChI is InChI=1S/C22H22ClFN2O3/c1-4-12(2)25-21(28)11-16-13(3)26(20-8-6-15(27)10-17(16)20)22(29)14-5-7-18(23)19(24)9-14/h5-10,12,27H,4,11H2,1-3H3,(H,25,28)/t12-/m0/s1. The molecule has 0 unspecified atom stereocenters. The highest BCUT2D eigenvalue weighted by Crippen LogP contribution is 2.30. The fourth-order valence-electron chi connectivity index (χ4n) is 3.30. The van der Waals surface area contributed by atoms with Crippen molar-refractivity contribution < 1.29 is 19.1 Å². The van der Waals surface area contributed by atoms with Gasteiger partial charge in [-0.25, -0.2) is 4.39 Å². The molecule has 0 aliphatic heterocycles. The number of carbonyl (C=O) groups excluding carboxylic acids is 2. The number of nitrogens with one attached hydrogen (secondary N) is 1. The monoisotopic (exact) mass is 416 g/mol. The predicted molar refractivity (Wildman–Crippen MR) is 111 cm³/mol. The molecule has 0 aliphatic rings. The van der Waals surface area contributed by atoms with Crippen LogP contribution in [0.25, 0.3) is 10.9 Å². The number of hydrogen-bond donors (Lipinski definition) is 2. The molecule has 1 amide bonds. The Balaban J connectivity index is 2.10. The summed E-state index contributed by atoms with van der Waals surface area (Å²) < 4.78 is 15.3. The topological polar surface area (TPSA) is 71.3 Å². The van der Waals surface area contributed by atoms with E-state index in [1.54, 1.807) is 13.0 Å². The second-order valence-electron chi connectivity index (χ2n) is 7.09. The quantitative estimate of drug-likeness (QED) is 0.638. The summed E-state index contributed by atoms with van der Waals surface area (Å²) in [6.07, 6.45) is 0.860. The Kier molecular flexibility index (Phi) is 5.94. The molecular weight excluding hydrogens is 395 g/mol. The van der Waals surface area contributed by atoms with Crippen LogP contribution in [0.2, 0.25) is 5.02 Å². The summed E-state index contributed by atoms with van der Waals surface area (Å²) in [6, 6.07) is 8.51. The predicted octanol–water partition coefficient (Wildman–Crippen LogP) is 4.59. The lowest BCUT2D eigenvalue weighted by atomic mass is 10.1. The Hall–Kier alpha value is -2.86. The van der Waals surface area contributed by atoms with Crippen LogP contribution in [0.5, 0.6) is 5.75 Å². The molecule has 5 nitrogen and oxygen atoms in total. The summed E-state index contributed by atoms with van der Waals surface area (Å²) in [5, 5.41) is 13.4. The third-order valence-electron chi connectivity index (χ3n) is 5.05. The third-order valence-corrected chi connectivity index (χ3v) is 5.35. The zero-order valence-corrected chi connectivity index (χ0v) is 17.2. The van der Waals surface area contributed by atoms with E-state index in [2.05, 4.69) is 5.32 Å². The minimum absolute atomic E-state index is 0.0308. The molecule has 0 saturated heterocycles. The van der Waals surface area contributed by atoms with Crippen molar-refractivity contribution in [2.45, 2.75) is 39.7 Å². The summed E-state index contributed by atoms with van der Waals surface area (Å²) in [7, 11) is 0. The molecule has 0 saturated carbocycles.